The topological polar surface area (TPSA) is 103 Å². The van der Waals surface area contributed by atoms with Crippen molar-refractivity contribution in [1.82, 2.24) is 9.88 Å². The Kier molecular flexibility index (Phi) is 8.47. The molecule has 4 rings (SSSR count). The number of aromatic amines is 1. The molecule has 3 aromatic rings. The molecule has 1 amide bonds. The van der Waals surface area contributed by atoms with Crippen molar-refractivity contribution < 1.29 is 24.5 Å². The minimum Gasteiger partial charge on any atom is -0.488 e. The largest absolute Gasteiger partial charge is 0.488 e. The van der Waals surface area contributed by atoms with E-state index in [2.05, 4.69) is 25.8 Å². The summed E-state index contributed by atoms with van der Waals surface area (Å²) < 4.78 is 6.50. The monoisotopic (exact) mass is 572 g/mol. The van der Waals surface area contributed by atoms with Crippen molar-refractivity contribution in [3.63, 3.8) is 0 Å². The van der Waals surface area contributed by atoms with Gasteiger partial charge in [0.25, 0.3) is 0 Å². The number of carboxylic acids is 1. The van der Waals surface area contributed by atoms with Crippen LogP contribution < -0.4 is 4.74 Å². The van der Waals surface area contributed by atoms with Gasteiger partial charge < -0.3 is 24.8 Å². The number of halogens is 1. The number of amides is 1. The summed E-state index contributed by atoms with van der Waals surface area (Å²) in [4.78, 5) is 29.8. The molecule has 210 valence electrons. The van der Waals surface area contributed by atoms with Gasteiger partial charge in [-0.15, -0.1) is 11.8 Å². The summed E-state index contributed by atoms with van der Waals surface area (Å²) in [5, 5.41) is 21.2. The van der Waals surface area contributed by atoms with E-state index in [0.29, 0.717) is 30.2 Å². The molecule has 7 nitrogen and oxygen atoms in total. The van der Waals surface area contributed by atoms with Gasteiger partial charge in [0.15, 0.2) is 0 Å². The molecule has 0 spiro atoms. The summed E-state index contributed by atoms with van der Waals surface area (Å²) in [7, 11) is 0. The quantitative estimate of drug-likeness (QED) is 0.229. The first kappa shape index (κ1) is 29.2. The molecule has 1 saturated heterocycles. The molecule has 3 N–H and O–H groups in total. The Balaban J connectivity index is 1.72. The average Bonchev–Trinajstić information content (AvgIpc) is 3.44. The van der Waals surface area contributed by atoms with E-state index < -0.39 is 17.5 Å². The molecule has 2 heterocycles. The maximum absolute atomic E-state index is 12.0. The lowest BCUT2D eigenvalue weighted by molar-refractivity contribution is -0.146. The zero-order chi connectivity index (χ0) is 28.5. The third-order valence-corrected chi connectivity index (χ3v) is 8.55. The minimum absolute atomic E-state index is 0.100. The third-order valence-electron chi connectivity index (χ3n) is 7.01. The minimum atomic E-state index is -0.933. The van der Waals surface area contributed by atoms with Crippen molar-refractivity contribution in [2.24, 2.45) is 5.41 Å². The van der Waals surface area contributed by atoms with Gasteiger partial charge in [0.1, 0.15) is 11.9 Å². The summed E-state index contributed by atoms with van der Waals surface area (Å²) >= 11 is 7.79. The number of hydrogen-bond donors (Lipinski definition) is 3. The lowest BCUT2D eigenvalue weighted by Crippen LogP contribution is -2.45. The predicted octanol–water partition coefficient (Wildman–Crippen LogP) is 7.50. The second-order valence-electron chi connectivity index (χ2n) is 11.9. The first-order valence-electron chi connectivity index (χ1n) is 13.2. The number of nitrogens with zero attached hydrogens (tertiary/aromatic N) is 1. The number of thioether (sulfide) groups is 1. The van der Waals surface area contributed by atoms with Gasteiger partial charge in [0, 0.05) is 50.6 Å². The van der Waals surface area contributed by atoms with Crippen LogP contribution in [0.3, 0.4) is 0 Å². The number of rotatable bonds is 9. The number of nitrogens with one attached hydrogen (secondary N) is 1. The number of likely N-dealkylation sites (tertiary alicyclic amines) is 1. The number of carbonyl (C=O) groups is 2. The summed E-state index contributed by atoms with van der Waals surface area (Å²) in [6, 6.07) is 13.1. The molecule has 1 unspecified atom stereocenters. The molecule has 1 aromatic heterocycles. The fourth-order valence-corrected chi connectivity index (χ4v) is 6.30. The fourth-order valence-electron chi connectivity index (χ4n) is 5.04. The van der Waals surface area contributed by atoms with E-state index in [1.54, 1.807) is 25.6 Å². The van der Waals surface area contributed by atoms with Gasteiger partial charge in [0.2, 0.25) is 0 Å². The molecule has 1 aliphatic rings. The Morgan fingerprint density at radius 3 is 2.44 bits per heavy atom. The van der Waals surface area contributed by atoms with Crippen LogP contribution in [0.5, 0.6) is 5.75 Å². The van der Waals surface area contributed by atoms with Crippen molar-refractivity contribution in [2.45, 2.75) is 82.1 Å². The van der Waals surface area contributed by atoms with Crippen molar-refractivity contribution >= 4 is 46.3 Å². The normalized spacial score (nSPS) is 17.0. The highest BCUT2D eigenvalue weighted by atomic mass is 35.5. The van der Waals surface area contributed by atoms with Crippen LogP contribution in [0.25, 0.3) is 10.9 Å². The number of aromatic nitrogens is 1. The van der Waals surface area contributed by atoms with Gasteiger partial charge >= 0.3 is 12.1 Å². The molecule has 0 bridgehead atoms. The van der Waals surface area contributed by atoms with Crippen LogP contribution in [-0.2, 0) is 17.6 Å². The van der Waals surface area contributed by atoms with E-state index in [0.717, 1.165) is 39.9 Å². The number of hydrogen-bond acceptors (Lipinski definition) is 4. The van der Waals surface area contributed by atoms with Gasteiger partial charge in [-0.05, 0) is 62.6 Å². The third kappa shape index (κ3) is 7.03. The maximum Gasteiger partial charge on any atom is 0.407 e. The van der Waals surface area contributed by atoms with Crippen LogP contribution in [0.1, 0.15) is 58.7 Å². The lowest BCUT2D eigenvalue weighted by Gasteiger charge is -2.30. The highest BCUT2D eigenvalue weighted by Gasteiger charge is 2.36. The number of aliphatic carboxylic acids is 1. The Bertz CT molecular complexity index is 1350. The lowest BCUT2D eigenvalue weighted by atomic mass is 9.88. The van der Waals surface area contributed by atoms with E-state index in [1.165, 1.54) is 4.90 Å². The molecule has 1 aliphatic heterocycles. The van der Waals surface area contributed by atoms with Crippen molar-refractivity contribution in [3.8, 4) is 5.75 Å². The van der Waals surface area contributed by atoms with Crippen LogP contribution >= 0.6 is 23.4 Å². The average molecular weight is 573 g/mol. The van der Waals surface area contributed by atoms with Crippen molar-refractivity contribution in [1.29, 1.82) is 0 Å². The molecular weight excluding hydrogens is 536 g/mol. The number of H-pyrrole nitrogens is 1. The summed E-state index contributed by atoms with van der Waals surface area (Å²) in [6.45, 7) is 10.4. The zero-order valence-corrected chi connectivity index (χ0v) is 24.7. The van der Waals surface area contributed by atoms with Gasteiger partial charge in [-0.1, -0.05) is 44.5 Å². The van der Waals surface area contributed by atoms with Crippen LogP contribution in [0.4, 0.5) is 4.79 Å². The van der Waals surface area contributed by atoms with E-state index in [-0.39, 0.29) is 16.9 Å². The van der Waals surface area contributed by atoms with E-state index >= 15 is 0 Å². The van der Waals surface area contributed by atoms with Crippen molar-refractivity contribution in [2.75, 3.05) is 6.54 Å². The molecule has 9 heteroatoms. The number of carboxylic acid groups (broad SMARTS) is 2. The van der Waals surface area contributed by atoms with Crippen LogP contribution in [-0.4, -0.2) is 55.6 Å². The first-order valence-corrected chi connectivity index (χ1v) is 14.4. The van der Waals surface area contributed by atoms with Gasteiger partial charge in [-0.2, -0.15) is 0 Å². The Morgan fingerprint density at radius 1 is 1.13 bits per heavy atom. The Labute approximate surface area is 238 Å². The molecule has 2 aromatic carbocycles. The van der Waals surface area contributed by atoms with Crippen LogP contribution in [0, 0.1) is 5.41 Å². The van der Waals surface area contributed by atoms with Gasteiger partial charge in [0.05, 0.1) is 11.5 Å². The van der Waals surface area contributed by atoms with E-state index in [9.17, 15) is 19.8 Å². The number of fused-ring (bicyclic) bond motifs is 1. The van der Waals surface area contributed by atoms with Crippen LogP contribution in [0.2, 0.25) is 5.02 Å². The predicted molar refractivity (Wildman–Crippen MR) is 156 cm³/mol. The number of benzene rings is 2. The molecule has 1 fully saturated rings. The second-order valence-corrected chi connectivity index (χ2v) is 14.2. The molecule has 0 aliphatic carbocycles. The molecule has 0 saturated carbocycles. The second kappa shape index (κ2) is 11.3. The van der Waals surface area contributed by atoms with Crippen molar-refractivity contribution in [3.05, 3.63) is 58.7 Å². The zero-order valence-electron chi connectivity index (χ0n) is 23.1. The fraction of sp³-hybridized carbons (Fsp3) is 0.467. The van der Waals surface area contributed by atoms with E-state index in [1.807, 2.05) is 42.5 Å². The maximum atomic E-state index is 12.0. The van der Waals surface area contributed by atoms with Crippen LogP contribution in [0.15, 0.2) is 47.4 Å². The molecule has 2 atom stereocenters. The Morgan fingerprint density at radius 2 is 1.82 bits per heavy atom. The SMILES string of the molecule is CC(C)(C)Sc1c(CC(C)(C)C(=O)O)[nH]c2ccc(OC(Cc3ccc(Cl)cc3)[C@H]3CCCN3C(=O)O)cc12. The standard InChI is InChI=1S/C30H37ClN2O5S/c1-29(2,3)39-26-21-16-20(12-13-22(21)32-23(26)17-30(4,5)27(34)35)38-25(15-18-8-10-19(31)11-9-18)24-7-6-14-33(24)28(36)37/h8-13,16,24-25,32H,6-7,14-15,17H2,1-5H3,(H,34,35)(H,36,37)/t24-,25?/m1/s1. The summed E-state index contributed by atoms with van der Waals surface area (Å²) in [5.41, 5.74) is 1.89. The molecule has 0 radical (unpaired) electrons. The van der Waals surface area contributed by atoms with Gasteiger partial charge in [-0.3, -0.25) is 4.79 Å². The summed E-state index contributed by atoms with van der Waals surface area (Å²) in [5.74, 6) is -0.195. The highest BCUT2D eigenvalue weighted by molar-refractivity contribution is 8.00. The number of ether oxygens (including phenoxy) is 1. The summed E-state index contributed by atoms with van der Waals surface area (Å²) in [6.07, 6.45) is 1.11. The van der Waals surface area contributed by atoms with Gasteiger partial charge in [-0.25, -0.2) is 4.79 Å². The molecule has 39 heavy (non-hydrogen) atoms. The molecular formula is C30H37ClN2O5S. The smallest absolute Gasteiger partial charge is 0.407 e. The highest BCUT2D eigenvalue weighted by Crippen LogP contribution is 2.42. The van der Waals surface area contributed by atoms with E-state index in [4.69, 9.17) is 16.3 Å². The Hall–Kier alpha value is -2.84. The first-order chi connectivity index (χ1) is 18.2.